The van der Waals surface area contributed by atoms with Gasteiger partial charge in [-0.1, -0.05) is 35.3 Å². The molecule has 2 aromatic carbocycles. The Morgan fingerprint density at radius 1 is 1.25 bits per heavy atom. The summed E-state index contributed by atoms with van der Waals surface area (Å²) in [5.41, 5.74) is 0.221. The summed E-state index contributed by atoms with van der Waals surface area (Å²) in [6.45, 7) is 3.77. The Kier molecular flexibility index (Phi) is 5.40. The number of aliphatic imine (C=N–C) groups is 1. The minimum absolute atomic E-state index is 0.0195. The Morgan fingerprint density at radius 3 is 2.43 bits per heavy atom. The van der Waals surface area contributed by atoms with Crippen molar-refractivity contribution in [2.24, 2.45) is 4.99 Å². The molecule has 9 heteroatoms. The summed E-state index contributed by atoms with van der Waals surface area (Å²) in [6, 6.07) is 9.25. The van der Waals surface area contributed by atoms with E-state index in [2.05, 4.69) is 4.99 Å². The molecule has 0 spiro atoms. The van der Waals surface area contributed by atoms with Gasteiger partial charge in [0, 0.05) is 24.1 Å². The minimum atomic E-state index is -0.618. The van der Waals surface area contributed by atoms with Crippen molar-refractivity contribution in [1.82, 2.24) is 4.57 Å². The van der Waals surface area contributed by atoms with E-state index in [1.807, 2.05) is 6.92 Å². The highest BCUT2D eigenvalue weighted by atomic mass is 35.5. The van der Waals surface area contributed by atoms with Crippen LogP contribution in [0.1, 0.15) is 19.4 Å². The Bertz CT molecular complexity index is 1180. The molecule has 7 nitrogen and oxygen atoms in total. The predicted molar refractivity (Wildman–Crippen MR) is 111 cm³/mol. The van der Waals surface area contributed by atoms with Crippen molar-refractivity contribution in [3.63, 3.8) is 0 Å². The lowest BCUT2D eigenvalue weighted by molar-refractivity contribution is -0.384. The lowest BCUT2D eigenvalue weighted by Gasteiger charge is -2.14. The van der Waals surface area contributed by atoms with Crippen LogP contribution in [0.15, 0.2) is 46.2 Å². The summed E-state index contributed by atoms with van der Waals surface area (Å²) in [6.07, 6.45) is 0. The number of nitro groups is 1. The molecule has 3 rings (SSSR count). The van der Waals surface area contributed by atoms with E-state index in [0.717, 1.165) is 12.1 Å². The quantitative estimate of drug-likeness (QED) is 0.361. The number of aromatic nitrogens is 1. The van der Waals surface area contributed by atoms with E-state index in [1.165, 1.54) is 4.57 Å². The van der Waals surface area contributed by atoms with Crippen LogP contribution < -0.4 is 5.56 Å². The highest BCUT2D eigenvalue weighted by molar-refractivity contribution is 6.39. The maximum absolute atomic E-state index is 12.9. The van der Waals surface area contributed by atoms with Gasteiger partial charge in [0.1, 0.15) is 17.0 Å². The molecule has 0 unspecified atom stereocenters. The average molecular weight is 420 g/mol. The Labute approximate surface area is 169 Å². The first kappa shape index (κ1) is 19.9. The van der Waals surface area contributed by atoms with Crippen molar-refractivity contribution in [2.75, 3.05) is 0 Å². The van der Waals surface area contributed by atoms with E-state index in [9.17, 15) is 20.0 Å². The molecular weight excluding hydrogens is 405 g/mol. The molecule has 0 aliphatic heterocycles. The topological polar surface area (TPSA) is 97.7 Å². The van der Waals surface area contributed by atoms with Crippen LogP contribution in [0, 0.1) is 10.1 Å². The van der Waals surface area contributed by atoms with Crippen LogP contribution in [0.5, 0.6) is 5.75 Å². The number of non-ortho nitro benzene ring substituents is 1. The van der Waals surface area contributed by atoms with Crippen LogP contribution in [-0.4, -0.2) is 20.3 Å². The summed E-state index contributed by atoms with van der Waals surface area (Å²) >= 11 is 12.2. The third-order valence-corrected chi connectivity index (χ3v) is 4.89. The van der Waals surface area contributed by atoms with Crippen LogP contribution in [0.4, 0.5) is 11.4 Å². The number of aromatic hydroxyl groups is 1. The number of nitrogens with zero attached hydrogens (tertiary/aromatic N) is 3. The molecule has 3 aromatic rings. The van der Waals surface area contributed by atoms with E-state index in [1.54, 1.807) is 31.2 Å². The number of aryl methyl sites for hydroxylation is 1. The molecule has 0 fully saturated rings. The van der Waals surface area contributed by atoms with Crippen molar-refractivity contribution in [1.29, 1.82) is 0 Å². The van der Waals surface area contributed by atoms with E-state index < -0.39 is 10.5 Å². The fraction of sp³-hybridized carbons (Fsp3) is 0.158. The van der Waals surface area contributed by atoms with Gasteiger partial charge >= 0.3 is 0 Å². The highest BCUT2D eigenvalue weighted by Crippen LogP contribution is 2.38. The number of pyridine rings is 1. The third-order valence-electron chi connectivity index (χ3n) is 4.32. The third kappa shape index (κ3) is 3.34. The van der Waals surface area contributed by atoms with Crippen LogP contribution in [-0.2, 0) is 6.54 Å². The molecule has 0 saturated carbocycles. The predicted octanol–water partition coefficient (Wildman–Crippen LogP) is 5.08. The van der Waals surface area contributed by atoms with Crippen LogP contribution in [0.3, 0.4) is 0 Å². The van der Waals surface area contributed by atoms with Crippen molar-refractivity contribution in [3.05, 3.63) is 72.5 Å². The number of hydrogen-bond acceptors (Lipinski definition) is 5. The highest BCUT2D eigenvalue weighted by Gasteiger charge is 2.20. The first-order chi connectivity index (χ1) is 13.3. The maximum atomic E-state index is 12.9. The maximum Gasteiger partial charge on any atom is 0.272 e. The van der Waals surface area contributed by atoms with Crippen LogP contribution in [0.25, 0.3) is 10.9 Å². The molecule has 0 aliphatic carbocycles. The van der Waals surface area contributed by atoms with Gasteiger partial charge in [0.2, 0.25) is 0 Å². The number of halogens is 2. The summed E-state index contributed by atoms with van der Waals surface area (Å²) in [5, 5.41) is 22.1. The second kappa shape index (κ2) is 7.61. The lowest BCUT2D eigenvalue weighted by Crippen LogP contribution is -2.26. The zero-order valence-corrected chi connectivity index (χ0v) is 16.5. The Morgan fingerprint density at radius 2 is 1.86 bits per heavy atom. The van der Waals surface area contributed by atoms with Crippen LogP contribution in [0.2, 0.25) is 10.0 Å². The van der Waals surface area contributed by atoms with E-state index in [0.29, 0.717) is 17.4 Å². The first-order valence-electron chi connectivity index (χ1n) is 8.29. The summed E-state index contributed by atoms with van der Waals surface area (Å²) < 4.78 is 1.53. The second-order valence-corrected chi connectivity index (χ2v) is 6.82. The van der Waals surface area contributed by atoms with Gasteiger partial charge in [0.25, 0.3) is 11.2 Å². The normalized spacial score (nSPS) is 11.8. The number of para-hydroxylation sites is 1. The number of nitro benzene ring substituents is 1. The molecule has 0 radical (unpaired) electrons. The van der Waals surface area contributed by atoms with E-state index in [4.69, 9.17) is 23.2 Å². The van der Waals surface area contributed by atoms with Gasteiger partial charge < -0.3 is 9.67 Å². The summed E-state index contributed by atoms with van der Waals surface area (Å²) in [4.78, 5) is 27.5. The molecule has 0 bridgehead atoms. The molecule has 0 atom stereocenters. The van der Waals surface area contributed by atoms with Gasteiger partial charge in [-0.2, -0.15) is 0 Å². The molecule has 0 aliphatic rings. The largest absolute Gasteiger partial charge is 0.506 e. The van der Waals surface area contributed by atoms with Crippen molar-refractivity contribution >= 4 is 51.2 Å². The van der Waals surface area contributed by atoms with Crippen LogP contribution >= 0.6 is 23.2 Å². The smallest absolute Gasteiger partial charge is 0.272 e. The van der Waals surface area contributed by atoms with Crippen molar-refractivity contribution in [3.8, 4) is 5.75 Å². The number of rotatable bonds is 4. The van der Waals surface area contributed by atoms with Gasteiger partial charge in [0.05, 0.1) is 26.2 Å². The van der Waals surface area contributed by atoms with Gasteiger partial charge in [-0.15, -0.1) is 0 Å². The molecule has 28 heavy (non-hydrogen) atoms. The summed E-state index contributed by atoms with van der Waals surface area (Å²) in [5.74, 6) is -0.194. The van der Waals surface area contributed by atoms with Gasteiger partial charge in [-0.05, 0) is 26.0 Å². The van der Waals surface area contributed by atoms with Crippen molar-refractivity contribution < 1.29 is 10.0 Å². The molecule has 144 valence electrons. The molecule has 1 aromatic heterocycles. The average Bonchev–Trinajstić information content (AvgIpc) is 2.65. The number of benzene rings is 2. The fourth-order valence-corrected chi connectivity index (χ4v) is 3.58. The number of hydrogen-bond donors (Lipinski definition) is 1. The molecule has 0 saturated heterocycles. The minimum Gasteiger partial charge on any atom is -0.506 e. The van der Waals surface area contributed by atoms with E-state index >= 15 is 0 Å². The number of fused-ring (bicyclic) bond motifs is 1. The first-order valence-corrected chi connectivity index (χ1v) is 9.05. The monoisotopic (exact) mass is 419 g/mol. The fourth-order valence-electron chi connectivity index (χ4n) is 3.02. The van der Waals surface area contributed by atoms with E-state index in [-0.39, 0.29) is 38.4 Å². The molecule has 1 N–H and O–H groups in total. The standard InChI is InChI=1S/C19H15Cl2N3O4/c1-3-23-15-7-5-4-6-12(15)18(25)16(19(23)26)10(2)22-17-13(20)8-11(24(27)28)9-14(17)21/h4-9,25H,3H2,1-2H3. The Hall–Kier alpha value is -2.90. The molecule has 0 amide bonds. The SMILES string of the molecule is CCn1c(=O)c(C(C)=Nc2c(Cl)cc([N+](=O)[O-])cc2Cl)c(O)c2ccccc21. The molecular formula is C19H15Cl2N3O4. The van der Waals surface area contributed by atoms with Gasteiger partial charge in [0.15, 0.2) is 0 Å². The summed E-state index contributed by atoms with van der Waals surface area (Å²) in [7, 11) is 0. The second-order valence-electron chi connectivity index (χ2n) is 6.00. The zero-order valence-electron chi connectivity index (χ0n) is 14.9. The zero-order chi connectivity index (χ0) is 20.6. The molecule has 1 heterocycles. The van der Waals surface area contributed by atoms with Gasteiger partial charge in [-0.25, -0.2) is 4.99 Å². The van der Waals surface area contributed by atoms with Crippen molar-refractivity contribution in [2.45, 2.75) is 20.4 Å². The van der Waals surface area contributed by atoms with Gasteiger partial charge in [-0.3, -0.25) is 14.9 Å². The Balaban J connectivity index is 2.27. The lowest BCUT2D eigenvalue weighted by atomic mass is 10.1.